The van der Waals surface area contributed by atoms with E-state index in [0.717, 1.165) is 12.8 Å². The van der Waals surface area contributed by atoms with Crippen LogP contribution in [0.2, 0.25) is 0 Å². The van der Waals surface area contributed by atoms with Crippen LogP contribution in [0.4, 0.5) is 11.4 Å². The van der Waals surface area contributed by atoms with E-state index < -0.39 is 0 Å². The van der Waals surface area contributed by atoms with Gasteiger partial charge in [-0.15, -0.1) is 0 Å². The molecule has 150 valence electrons. The zero-order valence-electron chi connectivity index (χ0n) is 16.7. The first kappa shape index (κ1) is 21.3. The maximum atomic E-state index is 12.3. The Hall–Kier alpha value is -3.02. The first-order valence-electron chi connectivity index (χ1n) is 9.67. The van der Waals surface area contributed by atoms with Gasteiger partial charge in [-0.05, 0) is 50.6 Å². The summed E-state index contributed by atoms with van der Waals surface area (Å²) in [4.78, 5) is 24.5. The van der Waals surface area contributed by atoms with Crippen LogP contribution in [-0.4, -0.2) is 31.0 Å². The fourth-order valence-electron chi connectivity index (χ4n) is 2.55. The summed E-state index contributed by atoms with van der Waals surface area (Å²) in [6, 6.07) is 14.4. The number of unbranched alkanes of at least 4 members (excludes halogenated alkanes) is 1. The number of nitrogens with one attached hydrogen (secondary N) is 3. The Kier molecular flexibility index (Phi) is 8.34. The van der Waals surface area contributed by atoms with E-state index in [1.54, 1.807) is 24.3 Å². The molecular weight excluding hydrogens is 354 g/mol. The number of carbonyl (C=O) groups excluding carboxylic acids is 2. The van der Waals surface area contributed by atoms with Gasteiger partial charge in [0, 0.05) is 17.8 Å². The van der Waals surface area contributed by atoms with Crippen LogP contribution in [0.5, 0.6) is 5.75 Å². The summed E-state index contributed by atoms with van der Waals surface area (Å²) in [6.07, 6.45) is 2.00. The Bertz CT molecular complexity index is 790. The Morgan fingerprint density at radius 3 is 2.61 bits per heavy atom. The quantitative estimate of drug-likeness (QED) is 0.541. The van der Waals surface area contributed by atoms with Crippen molar-refractivity contribution in [3.05, 3.63) is 54.1 Å². The molecule has 0 aliphatic carbocycles. The van der Waals surface area contributed by atoms with E-state index in [2.05, 4.69) is 22.9 Å². The SMILES string of the molecule is CCCCNC(=O)c1cccc(NCC(=O)Nc2ccccc2OC(C)C)c1. The number of para-hydroxylation sites is 2. The summed E-state index contributed by atoms with van der Waals surface area (Å²) in [6.45, 7) is 6.69. The number of benzene rings is 2. The van der Waals surface area contributed by atoms with E-state index in [1.807, 2.05) is 38.1 Å². The lowest BCUT2D eigenvalue weighted by Gasteiger charge is -2.15. The summed E-state index contributed by atoms with van der Waals surface area (Å²) in [5, 5.41) is 8.79. The van der Waals surface area contributed by atoms with Crippen molar-refractivity contribution in [1.82, 2.24) is 5.32 Å². The van der Waals surface area contributed by atoms with Crippen molar-refractivity contribution < 1.29 is 14.3 Å². The Morgan fingerprint density at radius 1 is 1.07 bits per heavy atom. The molecule has 0 fully saturated rings. The van der Waals surface area contributed by atoms with E-state index >= 15 is 0 Å². The monoisotopic (exact) mass is 383 g/mol. The molecule has 2 rings (SSSR count). The molecule has 28 heavy (non-hydrogen) atoms. The summed E-state index contributed by atoms with van der Waals surface area (Å²) < 4.78 is 5.71. The number of ether oxygens (including phenoxy) is 1. The van der Waals surface area contributed by atoms with Gasteiger partial charge in [0.05, 0.1) is 18.3 Å². The van der Waals surface area contributed by atoms with Crippen LogP contribution < -0.4 is 20.7 Å². The van der Waals surface area contributed by atoms with E-state index in [9.17, 15) is 9.59 Å². The highest BCUT2D eigenvalue weighted by Gasteiger charge is 2.10. The third-order valence-electron chi connectivity index (χ3n) is 3.92. The standard InChI is InChI=1S/C22H29N3O3/c1-4-5-13-23-22(27)17-9-8-10-18(14-17)24-15-21(26)25-19-11-6-7-12-20(19)28-16(2)3/h6-12,14,16,24H,4-5,13,15H2,1-3H3,(H,23,27)(H,25,26). The lowest BCUT2D eigenvalue weighted by Crippen LogP contribution is -2.25. The molecule has 2 amide bonds. The number of amides is 2. The van der Waals surface area contributed by atoms with Crippen LogP contribution in [0.15, 0.2) is 48.5 Å². The van der Waals surface area contributed by atoms with Gasteiger partial charge < -0.3 is 20.7 Å². The molecule has 0 aliphatic heterocycles. The highest BCUT2D eigenvalue weighted by molar-refractivity contribution is 5.96. The van der Waals surface area contributed by atoms with Crippen molar-refractivity contribution in [3.8, 4) is 5.75 Å². The molecule has 6 heteroatoms. The number of hydrogen-bond donors (Lipinski definition) is 3. The second-order valence-electron chi connectivity index (χ2n) is 6.75. The molecule has 0 radical (unpaired) electrons. The van der Waals surface area contributed by atoms with Gasteiger partial charge in [0.15, 0.2) is 0 Å². The van der Waals surface area contributed by atoms with E-state index in [0.29, 0.717) is 29.2 Å². The molecule has 3 N–H and O–H groups in total. The van der Waals surface area contributed by atoms with Gasteiger partial charge in [-0.3, -0.25) is 9.59 Å². The lowest BCUT2D eigenvalue weighted by atomic mass is 10.2. The largest absolute Gasteiger partial charge is 0.489 e. The molecule has 0 aliphatic rings. The van der Waals surface area contributed by atoms with Gasteiger partial charge >= 0.3 is 0 Å². The number of anilines is 2. The van der Waals surface area contributed by atoms with Crippen LogP contribution in [0.1, 0.15) is 44.0 Å². The molecule has 6 nitrogen and oxygen atoms in total. The van der Waals surface area contributed by atoms with Crippen LogP contribution >= 0.6 is 0 Å². The molecule has 0 aromatic heterocycles. The molecule has 2 aromatic rings. The topological polar surface area (TPSA) is 79.5 Å². The van der Waals surface area contributed by atoms with Crippen LogP contribution in [0.25, 0.3) is 0 Å². The molecule has 0 unspecified atom stereocenters. The zero-order valence-corrected chi connectivity index (χ0v) is 16.7. The van der Waals surface area contributed by atoms with Crippen molar-refractivity contribution in [2.75, 3.05) is 23.7 Å². The average molecular weight is 383 g/mol. The van der Waals surface area contributed by atoms with Crippen LogP contribution in [-0.2, 0) is 4.79 Å². The number of carbonyl (C=O) groups is 2. The van der Waals surface area contributed by atoms with Gasteiger partial charge in [0.2, 0.25) is 5.91 Å². The van der Waals surface area contributed by atoms with E-state index in [4.69, 9.17) is 4.74 Å². The minimum absolute atomic E-state index is 0.0161. The second kappa shape index (κ2) is 11.0. The Morgan fingerprint density at radius 2 is 1.86 bits per heavy atom. The van der Waals surface area contributed by atoms with Crippen molar-refractivity contribution in [2.45, 2.75) is 39.7 Å². The predicted molar refractivity (Wildman–Crippen MR) is 113 cm³/mol. The van der Waals surface area contributed by atoms with Crippen LogP contribution in [0, 0.1) is 0 Å². The number of rotatable bonds is 10. The molecule has 0 spiro atoms. The van der Waals surface area contributed by atoms with Crippen molar-refractivity contribution in [1.29, 1.82) is 0 Å². The third kappa shape index (κ3) is 6.95. The highest BCUT2D eigenvalue weighted by atomic mass is 16.5. The summed E-state index contributed by atoms with van der Waals surface area (Å²) in [7, 11) is 0. The normalized spacial score (nSPS) is 10.4. The maximum absolute atomic E-state index is 12.3. The first-order chi connectivity index (χ1) is 13.5. The summed E-state index contributed by atoms with van der Waals surface area (Å²) in [5.74, 6) is 0.329. The minimum Gasteiger partial charge on any atom is -0.489 e. The second-order valence-corrected chi connectivity index (χ2v) is 6.75. The van der Waals surface area contributed by atoms with E-state index in [-0.39, 0.29) is 24.5 Å². The van der Waals surface area contributed by atoms with Gasteiger partial charge in [-0.2, -0.15) is 0 Å². The fourth-order valence-corrected chi connectivity index (χ4v) is 2.55. The van der Waals surface area contributed by atoms with Crippen molar-refractivity contribution >= 4 is 23.2 Å². The zero-order chi connectivity index (χ0) is 20.4. The third-order valence-corrected chi connectivity index (χ3v) is 3.92. The minimum atomic E-state index is -0.197. The van der Waals surface area contributed by atoms with Crippen molar-refractivity contribution in [2.24, 2.45) is 0 Å². The lowest BCUT2D eigenvalue weighted by molar-refractivity contribution is -0.114. The Labute approximate surface area is 166 Å². The van der Waals surface area contributed by atoms with Gasteiger partial charge in [-0.1, -0.05) is 31.5 Å². The van der Waals surface area contributed by atoms with Gasteiger partial charge in [-0.25, -0.2) is 0 Å². The van der Waals surface area contributed by atoms with Crippen LogP contribution in [0.3, 0.4) is 0 Å². The van der Waals surface area contributed by atoms with E-state index in [1.165, 1.54) is 0 Å². The fraction of sp³-hybridized carbons (Fsp3) is 0.364. The maximum Gasteiger partial charge on any atom is 0.251 e. The van der Waals surface area contributed by atoms with Gasteiger partial charge in [0.25, 0.3) is 5.91 Å². The summed E-state index contributed by atoms with van der Waals surface area (Å²) in [5.41, 5.74) is 1.91. The van der Waals surface area contributed by atoms with Gasteiger partial charge in [0.1, 0.15) is 5.75 Å². The van der Waals surface area contributed by atoms with Crippen molar-refractivity contribution in [3.63, 3.8) is 0 Å². The molecule has 0 atom stereocenters. The smallest absolute Gasteiger partial charge is 0.251 e. The average Bonchev–Trinajstić information content (AvgIpc) is 2.68. The molecule has 0 heterocycles. The number of hydrogen-bond acceptors (Lipinski definition) is 4. The molecule has 2 aromatic carbocycles. The molecule has 0 bridgehead atoms. The Balaban J connectivity index is 1.91. The highest BCUT2D eigenvalue weighted by Crippen LogP contribution is 2.24. The predicted octanol–water partition coefficient (Wildman–Crippen LogP) is 4.05. The molecular formula is C22H29N3O3. The molecule has 0 saturated carbocycles. The molecule has 0 saturated heterocycles. The first-order valence-corrected chi connectivity index (χ1v) is 9.67. The summed E-state index contributed by atoms with van der Waals surface area (Å²) >= 11 is 0.